The zero-order chi connectivity index (χ0) is 20.1. The quantitative estimate of drug-likeness (QED) is 0.479. The largest absolute Gasteiger partial charge is 0.377 e. The highest BCUT2D eigenvalue weighted by Gasteiger charge is 2.12. The third-order valence-electron chi connectivity index (χ3n) is 4.33. The summed E-state index contributed by atoms with van der Waals surface area (Å²) in [5.74, 6) is 0.272. The Morgan fingerprint density at radius 3 is 2.54 bits per heavy atom. The second-order valence-electron chi connectivity index (χ2n) is 7.03. The summed E-state index contributed by atoms with van der Waals surface area (Å²) in [5.41, 5.74) is 3.48. The van der Waals surface area contributed by atoms with E-state index in [1.165, 1.54) is 5.56 Å². The maximum absolute atomic E-state index is 12.3. The Hall–Kier alpha value is -2.37. The lowest BCUT2D eigenvalue weighted by Gasteiger charge is -2.17. The third-order valence-corrected chi connectivity index (χ3v) is 5.84. The molecule has 1 atom stereocenters. The summed E-state index contributed by atoms with van der Waals surface area (Å²) in [4.78, 5) is 16.8. The SMILES string of the molecule is CC(C)c1nc(CC(=O)Nc2ccc(NC(C)c3ccccc3)c(Cl)c2)cs1. The van der Waals surface area contributed by atoms with Crippen LogP contribution in [0.3, 0.4) is 0 Å². The van der Waals surface area contributed by atoms with E-state index in [4.69, 9.17) is 11.6 Å². The molecule has 146 valence electrons. The van der Waals surface area contributed by atoms with E-state index in [1.807, 2.05) is 35.7 Å². The number of nitrogens with one attached hydrogen (secondary N) is 2. The fourth-order valence-electron chi connectivity index (χ4n) is 2.81. The molecule has 1 amide bonds. The number of halogens is 1. The lowest BCUT2D eigenvalue weighted by Crippen LogP contribution is -2.15. The topological polar surface area (TPSA) is 54.0 Å². The summed E-state index contributed by atoms with van der Waals surface area (Å²) >= 11 is 8.01. The Kier molecular flexibility index (Phi) is 6.70. The molecule has 1 heterocycles. The molecule has 2 aromatic carbocycles. The fourth-order valence-corrected chi connectivity index (χ4v) is 3.88. The van der Waals surface area contributed by atoms with Crippen molar-refractivity contribution in [1.29, 1.82) is 0 Å². The summed E-state index contributed by atoms with van der Waals surface area (Å²) in [6.45, 7) is 6.28. The van der Waals surface area contributed by atoms with Gasteiger partial charge in [0.1, 0.15) is 0 Å². The average Bonchev–Trinajstić information content (AvgIpc) is 3.13. The van der Waals surface area contributed by atoms with E-state index in [9.17, 15) is 4.79 Å². The molecule has 0 spiro atoms. The second kappa shape index (κ2) is 9.22. The van der Waals surface area contributed by atoms with Crippen LogP contribution in [0.2, 0.25) is 5.02 Å². The van der Waals surface area contributed by atoms with Crippen LogP contribution in [0.1, 0.15) is 49.0 Å². The minimum atomic E-state index is -0.102. The molecule has 6 heteroatoms. The molecule has 1 unspecified atom stereocenters. The highest BCUT2D eigenvalue weighted by atomic mass is 35.5. The molecule has 28 heavy (non-hydrogen) atoms. The molecule has 4 nitrogen and oxygen atoms in total. The van der Waals surface area contributed by atoms with E-state index in [1.54, 1.807) is 17.4 Å². The van der Waals surface area contributed by atoms with Crippen LogP contribution in [0.4, 0.5) is 11.4 Å². The molecule has 0 fully saturated rings. The summed E-state index contributed by atoms with van der Waals surface area (Å²) in [6.07, 6.45) is 0.256. The number of aromatic nitrogens is 1. The van der Waals surface area contributed by atoms with Crippen molar-refractivity contribution in [3.05, 3.63) is 75.2 Å². The fraction of sp³-hybridized carbons (Fsp3) is 0.273. The highest BCUT2D eigenvalue weighted by Crippen LogP contribution is 2.29. The lowest BCUT2D eigenvalue weighted by molar-refractivity contribution is -0.115. The van der Waals surface area contributed by atoms with Crippen molar-refractivity contribution in [2.45, 2.75) is 39.2 Å². The number of rotatable bonds is 7. The van der Waals surface area contributed by atoms with E-state index >= 15 is 0 Å². The highest BCUT2D eigenvalue weighted by molar-refractivity contribution is 7.09. The zero-order valence-corrected chi connectivity index (χ0v) is 17.8. The van der Waals surface area contributed by atoms with Gasteiger partial charge in [0.25, 0.3) is 0 Å². The smallest absolute Gasteiger partial charge is 0.230 e. The molecule has 0 saturated heterocycles. The van der Waals surface area contributed by atoms with Gasteiger partial charge in [0.05, 0.1) is 27.8 Å². The van der Waals surface area contributed by atoms with E-state index < -0.39 is 0 Å². The van der Waals surface area contributed by atoms with Gasteiger partial charge in [-0.2, -0.15) is 0 Å². The van der Waals surface area contributed by atoms with Crippen LogP contribution < -0.4 is 10.6 Å². The predicted molar refractivity (Wildman–Crippen MR) is 118 cm³/mol. The maximum atomic E-state index is 12.3. The molecule has 0 aliphatic rings. The molecule has 1 aromatic heterocycles. The van der Waals surface area contributed by atoms with Gasteiger partial charge in [-0.3, -0.25) is 4.79 Å². The Morgan fingerprint density at radius 1 is 1.14 bits per heavy atom. The summed E-state index contributed by atoms with van der Waals surface area (Å²) in [6, 6.07) is 15.8. The Bertz CT molecular complexity index is 940. The van der Waals surface area contributed by atoms with E-state index in [0.717, 1.165) is 16.4 Å². The van der Waals surface area contributed by atoms with Gasteiger partial charge in [-0.05, 0) is 30.7 Å². The van der Waals surface area contributed by atoms with Crippen molar-refractivity contribution < 1.29 is 4.79 Å². The van der Waals surface area contributed by atoms with Gasteiger partial charge in [0.15, 0.2) is 0 Å². The average molecular weight is 414 g/mol. The van der Waals surface area contributed by atoms with Gasteiger partial charge in [-0.25, -0.2) is 4.98 Å². The van der Waals surface area contributed by atoms with Crippen LogP contribution >= 0.6 is 22.9 Å². The van der Waals surface area contributed by atoms with Crippen LogP contribution in [0.25, 0.3) is 0 Å². The molecular formula is C22H24ClN3OS. The molecule has 0 aliphatic heterocycles. The van der Waals surface area contributed by atoms with Crippen molar-refractivity contribution in [1.82, 2.24) is 4.98 Å². The molecule has 0 saturated carbocycles. The maximum Gasteiger partial charge on any atom is 0.230 e. The summed E-state index contributed by atoms with van der Waals surface area (Å²) in [5, 5.41) is 9.86. The molecule has 0 radical (unpaired) electrons. The monoisotopic (exact) mass is 413 g/mol. The number of benzene rings is 2. The molecule has 0 bridgehead atoms. The predicted octanol–water partition coefficient (Wildman–Crippen LogP) is 6.27. The molecule has 3 aromatic rings. The minimum Gasteiger partial charge on any atom is -0.377 e. The van der Waals surface area contributed by atoms with Crippen molar-refractivity contribution in [3.63, 3.8) is 0 Å². The Labute approximate surface area is 175 Å². The van der Waals surface area contributed by atoms with Gasteiger partial charge < -0.3 is 10.6 Å². The van der Waals surface area contributed by atoms with Gasteiger partial charge >= 0.3 is 0 Å². The van der Waals surface area contributed by atoms with E-state index in [-0.39, 0.29) is 18.4 Å². The first-order valence-electron chi connectivity index (χ1n) is 9.27. The number of hydrogen-bond acceptors (Lipinski definition) is 4. The van der Waals surface area contributed by atoms with Gasteiger partial charge in [-0.1, -0.05) is 55.8 Å². The van der Waals surface area contributed by atoms with Gasteiger partial charge in [-0.15, -0.1) is 11.3 Å². The number of hydrogen-bond donors (Lipinski definition) is 2. The second-order valence-corrected chi connectivity index (χ2v) is 8.32. The molecular weight excluding hydrogens is 390 g/mol. The standard InChI is InChI=1S/C22H24ClN3OS/c1-14(2)22-26-18(13-28-22)12-21(27)25-17-9-10-20(19(23)11-17)24-15(3)16-7-5-4-6-8-16/h4-11,13-15,24H,12H2,1-3H3,(H,25,27). The van der Waals surface area contributed by atoms with Crippen LogP contribution in [0, 0.1) is 0 Å². The summed E-state index contributed by atoms with van der Waals surface area (Å²) in [7, 11) is 0. The number of anilines is 2. The Morgan fingerprint density at radius 2 is 1.89 bits per heavy atom. The number of amides is 1. The first-order valence-corrected chi connectivity index (χ1v) is 10.5. The van der Waals surface area contributed by atoms with E-state index in [0.29, 0.717) is 16.6 Å². The van der Waals surface area contributed by atoms with Crippen molar-refractivity contribution in [2.75, 3.05) is 10.6 Å². The first-order chi connectivity index (χ1) is 13.4. The van der Waals surface area contributed by atoms with Crippen LogP contribution in [0.5, 0.6) is 0 Å². The van der Waals surface area contributed by atoms with Gasteiger partial charge in [0, 0.05) is 23.0 Å². The zero-order valence-electron chi connectivity index (χ0n) is 16.2. The van der Waals surface area contributed by atoms with E-state index in [2.05, 4.69) is 48.5 Å². The normalized spacial score (nSPS) is 12.0. The molecule has 2 N–H and O–H groups in total. The number of carbonyl (C=O) groups is 1. The third kappa shape index (κ3) is 5.33. The first kappa shape index (κ1) is 20.4. The van der Waals surface area contributed by atoms with Crippen LogP contribution in [-0.4, -0.2) is 10.9 Å². The summed E-state index contributed by atoms with van der Waals surface area (Å²) < 4.78 is 0. The Balaban J connectivity index is 1.61. The van der Waals surface area contributed by atoms with Crippen molar-refractivity contribution >= 4 is 40.2 Å². The van der Waals surface area contributed by atoms with Crippen LogP contribution in [0.15, 0.2) is 53.9 Å². The molecule has 3 rings (SSSR count). The van der Waals surface area contributed by atoms with Crippen LogP contribution in [-0.2, 0) is 11.2 Å². The number of carbonyl (C=O) groups excluding carboxylic acids is 1. The number of nitrogens with zero attached hydrogens (tertiary/aromatic N) is 1. The number of thiazole rings is 1. The lowest BCUT2D eigenvalue weighted by atomic mass is 10.1. The molecule has 0 aliphatic carbocycles. The van der Waals surface area contributed by atoms with Gasteiger partial charge in [0.2, 0.25) is 5.91 Å². The van der Waals surface area contributed by atoms with Crippen molar-refractivity contribution in [3.8, 4) is 0 Å². The minimum absolute atomic E-state index is 0.102. The van der Waals surface area contributed by atoms with Crippen molar-refractivity contribution in [2.24, 2.45) is 0 Å².